The number of aromatic nitrogens is 8. The van der Waals surface area contributed by atoms with Crippen molar-refractivity contribution in [3.8, 4) is 0 Å². The van der Waals surface area contributed by atoms with Gasteiger partial charge in [0.15, 0.2) is 99.1 Å². The molecule has 0 aliphatic carbocycles. The molecule has 0 aliphatic rings. The molecule has 24 heteroatoms. The van der Waals surface area contributed by atoms with Gasteiger partial charge in [-0.25, -0.2) is 36.5 Å². The molecule has 432 valence electrons. The summed E-state index contributed by atoms with van der Waals surface area (Å²) in [6.07, 6.45) is 32.9. The van der Waals surface area contributed by atoms with E-state index in [1.54, 1.807) is 0 Å². The molecular weight excluding hydrogens is 1030 g/mol. The topological polar surface area (TPSA) is 216 Å². The molecule has 0 radical (unpaired) electrons. The first-order chi connectivity index (χ1) is 38.4. The zero-order chi connectivity index (χ0) is 60.9. The van der Waals surface area contributed by atoms with Crippen LogP contribution in [0.5, 0.6) is 0 Å². The number of pyridine rings is 8. The molecule has 0 amide bonds. The maximum Gasteiger partial charge on any atom is 0.168 e. The van der Waals surface area contributed by atoms with E-state index in [-0.39, 0.29) is 0 Å². The zero-order valence-corrected chi connectivity index (χ0v) is 47.4. The van der Waals surface area contributed by atoms with Crippen molar-refractivity contribution in [1.82, 2.24) is 0 Å². The lowest BCUT2D eigenvalue weighted by atomic mass is 10.3. The van der Waals surface area contributed by atoms with Crippen LogP contribution in [0.1, 0.15) is 55.4 Å². The van der Waals surface area contributed by atoms with Crippen molar-refractivity contribution in [3.05, 3.63) is 245 Å². The fourth-order valence-electron chi connectivity index (χ4n) is 5.16. The molecule has 0 saturated carbocycles. The van der Waals surface area contributed by atoms with Gasteiger partial charge >= 0.3 is 0 Å². The second-order valence-corrected chi connectivity index (χ2v) is 14.7. The molecule has 8 aromatic rings. The molecule has 0 N–H and O–H groups in total. The molecule has 0 unspecified atom stereocenters. The van der Waals surface area contributed by atoms with Crippen molar-refractivity contribution >= 4 is 29.6 Å². The van der Waals surface area contributed by atoms with Gasteiger partial charge in [0.1, 0.15) is 81.9 Å². The number of hydrogen-bond acceptors (Lipinski definition) is 8. The summed E-state index contributed by atoms with van der Waals surface area (Å²) >= 11 is 0. The third kappa shape index (κ3) is 65.1. The molecule has 8 rings (SSSR count). The van der Waals surface area contributed by atoms with Gasteiger partial charge in [0.2, 0.25) is 0 Å². The molecule has 0 fully saturated rings. The van der Waals surface area contributed by atoms with Crippen molar-refractivity contribution in [1.29, 1.82) is 0 Å². The number of halogens is 4. The Bertz CT molecular complexity index is 1890. The molecule has 16 nitrogen and oxygen atoms in total. The van der Waals surface area contributed by atoms with Gasteiger partial charge < -0.3 is 57.5 Å². The summed E-state index contributed by atoms with van der Waals surface area (Å²) in [6.45, 7) is 25.5. The third-order valence-corrected chi connectivity index (χ3v) is 9.14. The summed E-state index contributed by atoms with van der Waals surface area (Å²) in [4.78, 5) is 0. The van der Waals surface area contributed by atoms with Crippen LogP contribution in [-0.4, -0.2) is 29.6 Å². The molecule has 0 bridgehead atoms. The highest BCUT2D eigenvalue weighted by atomic mass is 19.1. The first-order valence-electron chi connectivity index (χ1n) is 25.7. The van der Waals surface area contributed by atoms with E-state index in [0.29, 0.717) is 0 Å². The SMILES string of the molecule is CC[n+]1ccccc1.CC[n+]1ccccc1.CC[n+]1ccccc1.CC[n+]1ccccc1.CC[n+]1ccccc1.CC[n+]1ccccc1.CC[n+]1ccccc1.CC[n+]1ccccc1.[O-]B([O-])F.[O-]B([O-])F.[O-]B([O-])F.[O-]B([O-])F. The molecular formula is C56H80B4F4N8O8. The molecule has 8 heterocycles. The van der Waals surface area contributed by atoms with Crippen LogP contribution in [0.15, 0.2) is 245 Å². The minimum Gasteiger partial charge on any atom is -0.867 e. The van der Waals surface area contributed by atoms with Crippen molar-refractivity contribution in [2.45, 2.75) is 108 Å². The van der Waals surface area contributed by atoms with E-state index in [9.17, 15) is 17.3 Å². The Balaban J connectivity index is -0.000000398. The van der Waals surface area contributed by atoms with E-state index < -0.39 is 29.6 Å². The van der Waals surface area contributed by atoms with Crippen LogP contribution >= 0.6 is 0 Å². The van der Waals surface area contributed by atoms with Crippen LogP contribution in [0.2, 0.25) is 0 Å². The van der Waals surface area contributed by atoms with Crippen molar-refractivity contribution < 1.29 is 94.0 Å². The number of hydrogen-bond donors (Lipinski definition) is 0. The maximum atomic E-state index is 9.89. The molecule has 0 spiro atoms. The van der Waals surface area contributed by atoms with Gasteiger partial charge in [-0.05, 0) is 55.4 Å². The van der Waals surface area contributed by atoms with Crippen molar-refractivity contribution in [2.24, 2.45) is 0 Å². The van der Waals surface area contributed by atoms with Gasteiger partial charge in [0.05, 0.1) is 0 Å². The Labute approximate surface area is 474 Å². The molecule has 0 aliphatic heterocycles. The largest absolute Gasteiger partial charge is 0.867 e. The average Bonchev–Trinajstić information content (AvgIpc) is 3.49. The van der Waals surface area contributed by atoms with Gasteiger partial charge in [-0.1, -0.05) is 48.5 Å². The van der Waals surface area contributed by atoms with Gasteiger partial charge in [0.25, 0.3) is 0 Å². The van der Waals surface area contributed by atoms with Crippen LogP contribution in [0.4, 0.5) is 17.3 Å². The molecule has 0 saturated heterocycles. The van der Waals surface area contributed by atoms with E-state index in [1.165, 1.54) is 0 Å². The van der Waals surface area contributed by atoms with Crippen LogP contribution in [0.25, 0.3) is 0 Å². The first-order valence-corrected chi connectivity index (χ1v) is 25.7. The molecule has 0 atom stereocenters. The van der Waals surface area contributed by atoms with Crippen molar-refractivity contribution in [2.75, 3.05) is 0 Å². The van der Waals surface area contributed by atoms with Gasteiger partial charge in [-0.15, -0.1) is 0 Å². The van der Waals surface area contributed by atoms with Crippen LogP contribution in [-0.2, 0) is 52.4 Å². The van der Waals surface area contributed by atoms with Gasteiger partial charge in [-0.3, -0.25) is 0 Å². The Morgan fingerprint density at radius 3 is 0.287 bits per heavy atom. The number of aryl methyl sites for hydroxylation is 8. The Morgan fingerprint density at radius 1 is 0.188 bits per heavy atom. The van der Waals surface area contributed by atoms with Crippen LogP contribution < -0.4 is 76.7 Å². The molecule has 8 aromatic heterocycles. The van der Waals surface area contributed by atoms with Crippen molar-refractivity contribution in [3.63, 3.8) is 0 Å². The fourth-order valence-corrected chi connectivity index (χ4v) is 5.16. The Hall–Kier alpha value is -7.14. The smallest absolute Gasteiger partial charge is 0.168 e. The lowest BCUT2D eigenvalue weighted by molar-refractivity contribution is -0.693. The Morgan fingerprint density at radius 2 is 0.250 bits per heavy atom. The monoisotopic (exact) mass is 1110 g/mol. The summed E-state index contributed by atoms with van der Waals surface area (Å²) in [5.74, 6) is 0. The average molecular weight is 1110 g/mol. The molecule has 0 aromatic carbocycles. The quantitative estimate of drug-likeness (QED) is 0.100. The number of rotatable bonds is 8. The van der Waals surface area contributed by atoms with Gasteiger partial charge in [0, 0.05) is 97.1 Å². The van der Waals surface area contributed by atoms with E-state index in [1.807, 2.05) is 146 Å². The minimum absolute atomic E-state index is 1.06. The second-order valence-electron chi connectivity index (χ2n) is 14.7. The van der Waals surface area contributed by atoms with E-state index >= 15 is 0 Å². The zero-order valence-electron chi connectivity index (χ0n) is 47.4. The first kappa shape index (κ1) is 79.3. The Kier molecular flexibility index (Phi) is 60.6. The summed E-state index contributed by atoms with van der Waals surface area (Å²) in [6, 6.07) is 48.7. The lowest BCUT2D eigenvalue weighted by Crippen LogP contribution is -2.39. The highest BCUT2D eigenvalue weighted by Crippen LogP contribution is 1.80. The van der Waals surface area contributed by atoms with E-state index in [4.69, 9.17) is 40.2 Å². The van der Waals surface area contributed by atoms with Crippen LogP contribution in [0, 0.1) is 0 Å². The summed E-state index contributed by atoms with van der Waals surface area (Å²) in [7, 11) is -12.7. The standard InChI is InChI=1S/8C7H10N.4BFO2/c8*1-2-8-6-4-3-5-7-8;4*2-1(3)4/h8*3-7H,2H2,1H3;;;;/q8*+1;4*-2. The summed E-state index contributed by atoms with van der Waals surface area (Å²) < 4.78 is 56.6. The third-order valence-electron chi connectivity index (χ3n) is 9.14. The fraction of sp³-hybridized carbons (Fsp3) is 0.286. The lowest BCUT2D eigenvalue weighted by Gasteiger charge is -2.09. The number of nitrogens with zero attached hydrogens (tertiary/aromatic N) is 8. The van der Waals surface area contributed by atoms with Gasteiger partial charge in [-0.2, -0.15) is 0 Å². The predicted octanol–water partition coefficient (Wildman–Crippen LogP) is -1.40. The predicted molar refractivity (Wildman–Crippen MR) is 286 cm³/mol. The highest BCUT2D eigenvalue weighted by molar-refractivity contribution is 6.27. The summed E-state index contributed by atoms with van der Waals surface area (Å²) in [5, 5.41) is 66.4. The van der Waals surface area contributed by atoms with Crippen LogP contribution in [0.3, 0.4) is 0 Å². The normalized spacial score (nSPS) is 8.65. The van der Waals surface area contributed by atoms with E-state index in [0.717, 1.165) is 52.4 Å². The highest BCUT2D eigenvalue weighted by Gasteiger charge is 1.91. The second kappa shape index (κ2) is 61.1. The van der Waals surface area contributed by atoms with E-state index in [2.05, 4.69) is 191 Å². The summed E-state index contributed by atoms with van der Waals surface area (Å²) in [5.41, 5.74) is 0. The maximum absolute atomic E-state index is 9.89. The molecule has 80 heavy (non-hydrogen) atoms. The minimum atomic E-state index is -3.17.